The van der Waals surface area contributed by atoms with E-state index in [1.165, 1.54) is 22.3 Å². The van der Waals surface area contributed by atoms with Crippen LogP contribution in [0, 0.1) is 0 Å². The second kappa shape index (κ2) is 12.0. The molecule has 0 saturated carbocycles. The van der Waals surface area contributed by atoms with Gasteiger partial charge >= 0.3 is 5.97 Å². The predicted molar refractivity (Wildman–Crippen MR) is 156 cm³/mol. The highest BCUT2D eigenvalue weighted by Gasteiger charge is 2.45. The van der Waals surface area contributed by atoms with Gasteiger partial charge in [-0.05, 0) is 57.6 Å². The van der Waals surface area contributed by atoms with Gasteiger partial charge in [-0.25, -0.2) is 4.79 Å². The minimum atomic E-state index is -0.540. The first-order valence-electron chi connectivity index (χ1n) is 13.5. The smallest absolute Gasteiger partial charge is 0.330 e. The maximum Gasteiger partial charge on any atom is 0.330 e. The van der Waals surface area contributed by atoms with E-state index < -0.39 is 11.4 Å². The summed E-state index contributed by atoms with van der Waals surface area (Å²) in [6, 6.07) is 33.4. The molecule has 0 unspecified atom stereocenters. The predicted octanol–water partition coefficient (Wildman–Crippen LogP) is 6.91. The summed E-state index contributed by atoms with van der Waals surface area (Å²) in [7, 11) is 0. The van der Waals surface area contributed by atoms with Crippen LogP contribution < -0.4 is 9.47 Å². The summed E-state index contributed by atoms with van der Waals surface area (Å²) < 4.78 is 16.7. The first-order valence-corrected chi connectivity index (χ1v) is 13.5. The third-order valence-electron chi connectivity index (χ3n) is 7.33. The standard InChI is InChI=1S/C35H32O5/c1-3-27(36)21-22-38-28-17-13-25(14-18-28)35(26-15-19-29(20-16-26)39-23-24-40-34(37)4-2)32-11-7-5-9-30(32)31-10-6-8-12-33(31)35/h4-20H,2-3,21-24H2,1H3. The monoisotopic (exact) mass is 532 g/mol. The first kappa shape index (κ1) is 26.9. The molecule has 0 fully saturated rings. The quantitative estimate of drug-likeness (QED) is 0.0993. The molecule has 1 aliphatic rings. The summed E-state index contributed by atoms with van der Waals surface area (Å²) >= 11 is 0. The molecule has 0 amide bonds. The Bertz CT molecular complexity index is 1460. The number of benzene rings is 4. The summed E-state index contributed by atoms with van der Waals surface area (Å²) in [5.41, 5.74) is 6.53. The van der Waals surface area contributed by atoms with Gasteiger partial charge in [-0.1, -0.05) is 86.3 Å². The van der Waals surface area contributed by atoms with Gasteiger partial charge in [-0.2, -0.15) is 0 Å². The zero-order chi connectivity index (χ0) is 28.0. The molecule has 0 heterocycles. The van der Waals surface area contributed by atoms with Crippen molar-refractivity contribution in [2.45, 2.75) is 25.2 Å². The molecule has 0 N–H and O–H groups in total. The number of ketones is 1. The highest BCUT2D eigenvalue weighted by atomic mass is 16.6. The first-order chi connectivity index (χ1) is 19.6. The normalized spacial score (nSPS) is 12.6. The maximum atomic E-state index is 11.7. The summed E-state index contributed by atoms with van der Waals surface area (Å²) in [5, 5.41) is 0. The van der Waals surface area contributed by atoms with E-state index in [9.17, 15) is 9.59 Å². The molecular weight excluding hydrogens is 500 g/mol. The molecule has 0 atom stereocenters. The number of hydrogen-bond donors (Lipinski definition) is 0. The van der Waals surface area contributed by atoms with Crippen molar-refractivity contribution >= 4 is 11.8 Å². The molecule has 4 aromatic rings. The zero-order valence-corrected chi connectivity index (χ0v) is 22.6. The highest BCUT2D eigenvalue weighted by Crippen LogP contribution is 2.56. The Morgan fingerprint density at radius 3 is 1.70 bits per heavy atom. The minimum Gasteiger partial charge on any atom is -0.493 e. The Balaban J connectivity index is 1.51. The van der Waals surface area contributed by atoms with Crippen LogP contribution >= 0.6 is 0 Å². The number of carbonyl (C=O) groups excluding carboxylic acids is 2. The van der Waals surface area contributed by atoms with Crippen molar-refractivity contribution in [3.63, 3.8) is 0 Å². The van der Waals surface area contributed by atoms with Gasteiger partial charge in [0.05, 0.1) is 12.0 Å². The lowest BCUT2D eigenvalue weighted by Crippen LogP contribution is -2.28. The van der Waals surface area contributed by atoms with E-state index in [-0.39, 0.29) is 19.0 Å². The van der Waals surface area contributed by atoms with Gasteiger partial charge in [0.2, 0.25) is 0 Å². The summed E-state index contributed by atoms with van der Waals surface area (Å²) in [4.78, 5) is 23.0. The summed E-state index contributed by atoms with van der Waals surface area (Å²) in [6.45, 7) is 6.04. The SMILES string of the molecule is C=CC(=O)OCCOc1ccc(C2(c3ccc(OCCC(=O)CC)cc3)c3ccccc3-c3ccccc32)cc1. The van der Waals surface area contributed by atoms with Crippen LogP contribution in [0.2, 0.25) is 0 Å². The molecule has 40 heavy (non-hydrogen) atoms. The molecule has 0 radical (unpaired) electrons. The Morgan fingerprint density at radius 2 is 1.20 bits per heavy atom. The van der Waals surface area contributed by atoms with Crippen LogP contribution in [0.4, 0.5) is 0 Å². The molecule has 5 nitrogen and oxygen atoms in total. The number of ether oxygens (including phenoxy) is 3. The van der Waals surface area contributed by atoms with Gasteiger partial charge in [-0.15, -0.1) is 0 Å². The van der Waals surface area contributed by atoms with Crippen molar-refractivity contribution in [2.24, 2.45) is 0 Å². The van der Waals surface area contributed by atoms with Crippen molar-refractivity contribution < 1.29 is 23.8 Å². The molecule has 0 aromatic heterocycles. The number of carbonyl (C=O) groups is 2. The van der Waals surface area contributed by atoms with Crippen molar-refractivity contribution in [1.29, 1.82) is 0 Å². The highest BCUT2D eigenvalue weighted by molar-refractivity contribution is 5.86. The van der Waals surface area contributed by atoms with E-state index in [0.29, 0.717) is 25.2 Å². The van der Waals surface area contributed by atoms with E-state index in [0.717, 1.165) is 23.0 Å². The molecule has 5 heteroatoms. The number of hydrogen-bond acceptors (Lipinski definition) is 5. The molecule has 0 aliphatic heterocycles. The van der Waals surface area contributed by atoms with Crippen molar-refractivity contribution in [3.8, 4) is 22.6 Å². The number of fused-ring (bicyclic) bond motifs is 3. The van der Waals surface area contributed by atoms with Crippen LogP contribution in [0.3, 0.4) is 0 Å². The van der Waals surface area contributed by atoms with Gasteiger partial charge in [0.1, 0.15) is 30.5 Å². The lowest BCUT2D eigenvalue weighted by molar-refractivity contribution is -0.138. The third-order valence-corrected chi connectivity index (χ3v) is 7.33. The van der Waals surface area contributed by atoms with Crippen LogP contribution in [0.5, 0.6) is 11.5 Å². The number of Topliss-reactive ketones (excluding diaryl/α,β-unsaturated/α-hetero) is 1. The average Bonchev–Trinajstić information content (AvgIpc) is 3.31. The van der Waals surface area contributed by atoms with Gasteiger partial charge in [0.25, 0.3) is 0 Å². The second-order valence-electron chi connectivity index (χ2n) is 9.60. The molecule has 1 aliphatic carbocycles. The van der Waals surface area contributed by atoms with Crippen molar-refractivity contribution in [2.75, 3.05) is 19.8 Å². The summed E-state index contributed by atoms with van der Waals surface area (Å²) in [5.74, 6) is 1.16. The fourth-order valence-corrected chi connectivity index (χ4v) is 5.45. The van der Waals surface area contributed by atoms with Crippen LogP contribution in [0.15, 0.2) is 110 Å². The van der Waals surface area contributed by atoms with Crippen LogP contribution in [0.25, 0.3) is 11.1 Å². The van der Waals surface area contributed by atoms with E-state index in [4.69, 9.17) is 14.2 Å². The van der Waals surface area contributed by atoms with Crippen LogP contribution in [-0.2, 0) is 19.7 Å². The third kappa shape index (κ3) is 5.15. The van der Waals surface area contributed by atoms with E-state index >= 15 is 0 Å². The fourth-order valence-electron chi connectivity index (χ4n) is 5.45. The molecule has 4 aromatic carbocycles. The molecule has 5 rings (SSSR count). The van der Waals surface area contributed by atoms with E-state index in [1.54, 1.807) is 0 Å². The molecular formula is C35H32O5. The largest absolute Gasteiger partial charge is 0.493 e. The Hall–Kier alpha value is -4.64. The number of rotatable bonds is 12. The van der Waals surface area contributed by atoms with Gasteiger partial charge in [-0.3, -0.25) is 4.79 Å². The van der Waals surface area contributed by atoms with Crippen LogP contribution in [0.1, 0.15) is 42.0 Å². The van der Waals surface area contributed by atoms with Crippen molar-refractivity contribution in [1.82, 2.24) is 0 Å². The van der Waals surface area contributed by atoms with Gasteiger partial charge < -0.3 is 14.2 Å². The lowest BCUT2D eigenvalue weighted by atomic mass is 9.68. The summed E-state index contributed by atoms with van der Waals surface area (Å²) in [6.07, 6.45) is 2.07. The molecule has 202 valence electrons. The van der Waals surface area contributed by atoms with Crippen LogP contribution in [-0.4, -0.2) is 31.6 Å². The molecule has 0 spiro atoms. The van der Waals surface area contributed by atoms with Crippen molar-refractivity contribution in [3.05, 3.63) is 132 Å². The van der Waals surface area contributed by atoms with E-state index in [2.05, 4.69) is 79.4 Å². The Morgan fingerprint density at radius 1 is 0.700 bits per heavy atom. The Kier molecular flexibility index (Phi) is 8.11. The zero-order valence-electron chi connectivity index (χ0n) is 22.6. The molecule has 0 saturated heterocycles. The van der Waals surface area contributed by atoms with Gasteiger partial charge in [0, 0.05) is 18.9 Å². The Labute approximate surface area is 235 Å². The fraction of sp³-hybridized carbons (Fsp3) is 0.200. The minimum absolute atomic E-state index is 0.151. The van der Waals surface area contributed by atoms with E-state index in [1.807, 2.05) is 31.2 Å². The average molecular weight is 533 g/mol. The topological polar surface area (TPSA) is 61.8 Å². The van der Waals surface area contributed by atoms with Gasteiger partial charge in [0.15, 0.2) is 0 Å². The molecule has 0 bridgehead atoms. The lowest BCUT2D eigenvalue weighted by Gasteiger charge is -2.34. The number of esters is 1. The maximum absolute atomic E-state index is 11.7. The second-order valence-corrected chi connectivity index (χ2v) is 9.60.